The van der Waals surface area contributed by atoms with Gasteiger partial charge in [-0.2, -0.15) is 0 Å². The van der Waals surface area contributed by atoms with E-state index in [4.69, 9.17) is 4.74 Å². The lowest BCUT2D eigenvalue weighted by Gasteiger charge is -2.35. The van der Waals surface area contributed by atoms with Gasteiger partial charge in [0.25, 0.3) is 5.91 Å². The van der Waals surface area contributed by atoms with Gasteiger partial charge in [-0.15, -0.1) is 0 Å². The van der Waals surface area contributed by atoms with Crippen molar-refractivity contribution in [2.24, 2.45) is 0 Å². The van der Waals surface area contributed by atoms with Gasteiger partial charge in [0.15, 0.2) is 0 Å². The van der Waals surface area contributed by atoms with E-state index in [9.17, 15) is 14.0 Å². The summed E-state index contributed by atoms with van der Waals surface area (Å²) in [6.45, 7) is 0. The maximum Gasteiger partial charge on any atom is 0.331 e. The predicted molar refractivity (Wildman–Crippen MR) is 71.7 cm³/mol. The van der Waals surface area contributed by atoms with Gasteiger partial charge >= 0.3 is 5.97 Å². The van der Waals surface area contributed by atoms with E-state index in [1.165, 1.54) is 25.3 Å². The molecule has 0 atom stereocenters. The second kappa shape index (κ2) is 6.03. The predicted octanol–water partition coefficient (Wildman–Crippen LogP) is 2.43. The number of carbonyl (C=O) groups is 2. The highest BCUT2D eigenvalue weighted by Crippen LogP contribution is 2.29. The molecule has 1 aromatic carbocycles. The Morgan fingerprint density at radius 1 is 1.25 bits per heavy atom. The molecule has 1 aromatic rings. The van der Waals surface area contributed by atoms with Crippen molar-refractivity contribution in [3.8, 4) is 0 Å². The SMILES string of the molecule is COC(=O)C1(NC(=O)c2cccc(F)c2)CCCCC1. The monoisotopic (exact) mass is 279 g/mol. The fourth-order valence-corrected chi connectivity index (χ4v) is 2.65. The minimum atomic E-state index is -0.976. The minimum absolute atomic E-state index is 0.207. The molecule has 20 heavy (non-hydrogen) atoms. The first-order valence-electron chi connectivity index (χ1n) is 6.74. The fourth-order valence-electron chi connectivity index (χ4n) is 2.65. The second-order valence-corrected chi connectivity index (χ2v) is 5.10. The molecule has 0 unspecified atom stereocenters. The number of benzene rings is 1. The van der Waals surface area contributed by atoms with E-state index in [2.05, 4.69) is 5.32 Å². The van der Waals surface area contributed by atoms with Gasteiger partial charge in [0.05, 0.1) is 7.11 Å². The maximum atomic E-state index is 13.2. The summed E-state index contributed by atoms with van der Waals surface area (Å²) in [6.07, 6.45) is 3.87. The lowest BCUT2D eigenvalue weighted by Crippen LogP contribution is -2.56. The van der Waals surface area contributed by atoms with E-state index in [-0.39, 0.29) is 5.56 Å². The Morgan fingerprint density at radius 3 is 2.55 bits per heavy atom. The van der Waals surface area contributed by atoms with E-state index in [0.29, 0.717) is 12.8 Å². The topological polar surface area (TPSA) is 55.4 Å². The number of halogens is 1. The third kappa shape index (κ3) is 2.98. The number of hydrogen-bond donors (Lipinski definition) is 1. The Hall–Kier alpha value is -1.91. The molecule has 0 bridgehead atoms. The molecule has 1 saturated carbocycles. The van der Waals surface area contributed by atoms with Crippen LogP contribution in [0.25, 0.3) is 0 Å². The van der Waals surface area contributed by atoms with Gasteiger partial charge < -0.3 is 10.1 Å². The zero-order valence-corrected chi connectivity index (χ0v) is 11.4. The molecule has 0 saturated heterocycles. The van der Waals surface area contributed by atoms with Crippen LogP contribution in [0.5, 0.6) is 0 Å². The van der Waals surface area contributed by atoms with Crippen molar-refractivity contribution in [2.75, 3.05) is 7.11 Å². The highest BCUT2D eigenvalue weighted by Gasteiger charge is 2.42. The molecule has 0 aromatic heterocycles. The summed E-state index contributed by atoms with van der Waals surface area (Å²) in [5.74, 6) is -1.35. The fraction of sp³-hybridized carbons (Fsp3) is 0.467. The van der Waals surface area contributed by atoms with Crippen LogP contribution in [0.4, 0.5) is 4.39 Å². The summed E-state index contributed by atoms with van der Waals surface area (Å²) in [5, 5.41) is 2.75. The van der Waals surface area contributed by atoms with Gasteiger partial charge in [-0.05, 0) is 31.0 Å². The molecule has 1 aliphatic carbocycles. The van der Waals surface area contributed by atoms with Gasteiger partial charge in [-0.3, -0.25) is 4.79 Å². The number of methoxy groups -OCH3 is 1. The van der Waals surface area contributed by atoms with Crippen LogP contribution in [0, 0.1) is 5.82 Å². The van der Waals surface area contributed by atoms with E-state index in [1.807, 2.05) is 0 Å². The zero-order chi connectivity index (χ0) is 14.6. The smallest absolute Gasteiger partial charge is 0.331 e. The standard InChI is InChI=1S/C15H18FNO3/c1-20-14(19)15(8-3-2-4-9-15)17-13(18)11-6-5-7-12(16)10-11/h5-7,10H,2-4,8-9H2,1H3,(H,17,18). The molecule has 1 N–H and O–H groups in total. The first-order chi connectivity index (χ1) is 9.57. The minimum Gasteiger partial charge on any atom is -0.467 e. The number of ether oxygens (including phenoxy) is 1. The van der Waals surface area contributed by atoms with Crippen LogP contribution in [-0.4, -0.2) is 24.5 Å². The number of rotatable bonds is 3. The third-order valence-corrected chi connectivity index (χ3v) is 3.72. The zero-order valence-electron chi connectivity index (χ0n) is 11.4. The molecule has 1 fully saturated rings. The molecule has 108 valence electrons. The van der Waals surface area contributed by atoms with Gasteiger partial charge in [0.2, 0.25) is 0 Å². The Bertz CT molecular complexity index is 510. The van der Waals surface area contributed by atoms with Crippen LogP contribution in [0.15, 0.2) is 24.3 Å². The molecule has 4 nitrogen and oxygen atoms in total. The van der Waals surface area contributed by atoms with E-state index < -0.39 is 23.2 Å². The number of carbonyl (C=O) groups excluding carboxylic acids is 2. The van der Waals surface area contributed by atoms with Gasteiger partial charge in [0, 0.05) is 5.56 Å². The quantitative estimate of drug-likeness (QED) is 0.865. The van der Waals surface area contributed by atoms with Crippen LogP contribution in [0.2, 0.25) is 0 Å². The lowest BCUT2D eigenvalue weighted by atomic mass is 9.81. The van der Waals surface area contributed by atoms with E-state index in [1.54, 1.807) is 0 Å². The molecule has 0 radical (unpaired) electrons. The average molecular weight is 279 g/mol. The largest absolute Gasteiger partial charge is 0.467 e. The van der Waals surface area contributed by atoms with Crippen LogP contribution in [-0.2, 0) is 9.53 Å². The van der Waals surface area contributed by atoms with Crippen molar-refractivity contribution >= 4 is 11.9 Å². The highest BCUT2D eigenvalue weighted by molar-refractivity contribution is 5.98. The number of esters is 1. The third-order valence-electron chi connectivity index (χ3n) is 3.72. The van der Waals surface area contributed by atoms with Gasteiger partial charge in [-0.25, -0.2) is 9.18 Å². The van der Waals surface area contributed by atoms with E-state index >= 15 is 0 Å². The van der Waals surface area contributed by atoms with Crippen molar-refractivity contribution in [1.29, 1.82) is 0 Å². The summed E-state index contributed by atoms with van der Waals surface area (Å²) in [4.78, 5) is 24.2. The van der Waals surface area contributed by atoms with E-state index in [0.717, 1.165) is 25.3 Å². The number of hydrogen-bond acceptors (Lipinski definition) is 3. The highest BCUT2D eigenvalue weighted by atomic mass is 19.1. The average Bonchev–Trinajstić information content (AvgIpc) is 2.47. The molecule has 1 amide bonds. The molecule has 0 aliphatic heterocycles. The van der Waals surface area contributed by atoms with Crippen molar-refractivity contribution in [3.05, 3.63) is 35.6 Å². The Morgan fingerprint density at radius 2 is 1.95 bits per heavy atom. The molecule has 0 spiro atoms. The molecular weight excluding hydrogens is 261 g/mol. The molecule has 5 heteroatoms. The summed E-state index contributed by atoms with van der Waals surface area (Å²) in [7, 11) is 1.31. The first-order valence-corrected chi connectivity index (χ1v) is 6.74. The Balaban J connectivity index is 2.19. The normalized spacial score (nSPS) is 17.3. The molecular formula is C15H18FNO3. The molecule has 1 aliphatic rings. The molecule has 2 rings (SSSR count). The number of amides is 1. The Labute approximate surface area is 117 Å². The lowest BCUT2D eigenvalue weighted by molar-refractivity contribution is -0.149. The second-order valence-electron chi connectivity index (χ2n) is 5.10. The first kappa shape index (κ1) is 14.5. The molecule has 0 heterocycles. The summed E-state index contributed by atoms with van der Waals surface area (Å²) < 4.78 is 18.0. The summed E-state index contributed by atoms with van der Waals surface area (Å²) >= 11 is 0. The van der Waals surface area contributed by atoms with Crippen LogP contribution in [0.1, 0.15) is 42.5 Å². The number of nitrogens with one attached hydrogen (secondary N) is 1. The van der Waals surface area contributed by atoms with Crippen molar-refractivity contribution in [2.45, 2.75) is 37.6 Å². The van der Waals surface area contributed by atoms with Crippen molar-refractivity contribution < 1.29 is 18.7 Å². The van der Waals surface area contributed by atoms with Crippen molar-refractivity contribution in [3.63, 3.8) is 0 Å². The van der Waals surface area contributed by atoms with Crippen LogP contribution in [0.3, 0.4) is 0 Å². The Kier molecular flexibility index (Phi) is 4.37. The summed E-state index contributed by atoms with van der Waals surface area (Å²) in [5.41, 5.74) is -0.769. The van der Waals surface area contributed by atoms with Crippen molar-refractivity contribution in [1.82, 2.24) is 5.32 Å². The maximum absolute atomic E-state index is 13.2. The van der Waals surface area contributed by atoms with Gasteiger partial charge in [-0.1, -0.05) is 25.3 Å². The van der Waals surface area contributed by atoms with Crippen LogP contribution >= 0.6 is 0 Å². The summed E-state index contributed by atoms with van der Waals surface area (Å²) in [6, 6.07) is 5.42. The van der Waals surface area contributed by atoms with Crippen LogP contribution < -0.4 is 5.32 Å². The van der Waals surface area contributed by atoms with Gasteiger partial charge in [0.1, 0.15) is 11.4 Å².